The molecule has 0 saturated carbocycles. The van der Waals surface area contributed by atoms with Crippen LogP contribution in [0.1, 0.15) is 12.8 Å². The van der Waals surface area contributed by atoms with Crippen LogP contribution in [0.2, 0.25) is 0 Å². The first kappa shape index (κ1) is 16.0. The quantitative estimate of drug-likeness (QED) is 0.879. The highest BCUT2D eigenvalue weighted by Gasteiger charge is 2.23. The first-order valence-electron chi connectivity index (χ1n) is 7.22. The van der Waals surface area contributed by atoms with Gasteiger partial charge in [-0.2, -0.15) is 0 Å². The molecule has 21 heavy (non-hydrogen) atoms. The first-order chi connectivity index (χ1) is 9.79. The summed E-state index contributed by atoms with van der Waals surface area (Å²) in [6.45, 7) is 3.67. The second kappa shape index (κ2) is 7.06. The summed E-state index contributed by atoms with van der Waals surface area (Å²) in [4.78, 5) is 14.6. The van der Waals surface area contributed by atoms with Gasteiger partial charge in [-0.1, -0.05) is 6.07 Å². The lowest BCUT2D eigenvalue weighted by molar-refractivity contribution is 0.236. The standard InChI is InChI=1S/C14H21N5O.ClH/c1-15-11-12-5-4-7-17(12)9-10-19-14(20)18-8-3-2-6-13(18)16-19;/h2-3,6,8,12,15H,4-5,7,9-11H2,1H3;1H. The predicted molar refractivity (Wildman–Crippen MR) is 85.2 cm³/mol. The van der Waals surface area contributed by atoms with Crippen LogP contribution in [0.5, 0.6) is 0 Å². The van der Waals surface area contributed by atoms with E-state index in [1.165, 1.54) is 12.8 Å². The molecule has 1 atom stereocenters. The van der Waals surface area contributed by atoms with Crippen LogP contribution >= 0.6 is 12.4 Å². The number of rotatable bonds is 5. The molecule has 0 aliphatic carbocycles. The van der Waals surface area contributed by atoms with Gasteiger partial charge in [-0.05, 0) is 38.6 Å². The topological polar surface area (TPSA) is 54.6 Å². The van der Waals surface area contributed by atoms with Crippen molar-refractivity contribution in [3.63, 3.8) is 0 Å². The predicted octanol–water partition coefficient (Wildman–Crippen LogP) is 0.602. The van der Waals surface area contributed by atoms with Crippen molar-refractivity contribution in [1.29, 1.82) is 0 Å². The maximum atomic E-state index is 12.2. The van der Waals surface area contributed by atoms with E-state index in [-0.39, 0.29) is 18.1 Å². The summed E-state index contributed by atoms with van der Waals surface area (Å²) in [5, 5.41) is 7.61. The van der Waals surface area contributed by atoms with Crippen molar-refractivity contribution in [1.82, 2.24) is 24.4 Å². The third-order valence-electron chi connectivity index (χ3n) is 4.03. The minimum atomic E-state index is -0.0510. The fourth-order valence-electron chi connectivity index (χ4n) is 2.99. The van der Waals surface area contributed by atoms with Crippen LogP contribution < -0.4 is 11.0 Å². The van der Waals surface area contributed by atoms with Crippen molar-refractivity contribution in [2.45, 2.75) is 25.4 Å². The van der Waals surface area contributed by atoms with E-state index in [1.54, 1.807) is 15.3 Å². The Balaban J connectivity index is 0.00000161. The van der Waals surface area contributed by atoms with Gasteiger partial charge in [0.2, 0.25) is 0 Å². The molecule has 2 aromatic heterocycles. The fourth-order valence-corrected chi connectivity index (χ4v) is 2.99. The monoisotopic (exact) mass is 311 g/mol. The largest absolute Gasteiger partial charge is 0.350 e. The van der Waals surface area contributed by atoms with E-state index >= 15 is 0 Å². The number of fused-ring (bicyclic) bond motifs is 1. The van der Waals surface area contributed by atoms with Crippen molar-refractivity contribution in [3.8, 4) is 0 Å². The van der Waals surface area contributed by atoms with Gasteiger partial charge >= 0.3 is 5.69 Å². The van der Waals surface area contributed by atoms with Gasteiger partial charge in [0.25, 0.3) is 0 Å². The number of likely N-dealkylation sites (N-methyl/N-ethyl adjacent to an activating group) is 1. The number of pyridine rings is 1. The summed E-state index contributed by atoms with van der Waals surface area (Å²) in [5.74, 6) is 0. The van der Waals surface area contributed by atoms with Gasteiger partial charge in [0, 0.05) is 25.3 Å². The highest BCUT2D eigenvalue weighted by molar-refractivity contribution is 5.85. The lowest BCUT2D eigenvalue weighted by Gasteiger charge is -2.23. The van der Waals surface area contributed by atoms with Crippen LogP contribution in [0.3, 0.4) is 0 Å². The van der Waals surface area contributed by atoms with Crippen molar-refractivity contribution < 1.29 is 0 Å². The Hall–Kier alpha value is -1.37. The molecule has 0 aromatic carbocycles. The number of aromatic nitrogens is 3. The van der Waals surface area contributed by atoms with Gasteiger partial charge in [0.05, 0.1) is 6.54 Å². The molecule has 0 spiro atoms. The zero-order valence-corrected chi connectivity index (χ0v) is 13.1. The van der Waals surface area contributed by atoms with Crippen molar-refractivity contribution in [3.05, 3.63) is 34.9 Å². The number of nitrogens with one attached hydrogen (secondary N) is 1. The molecule has 6 nitrogen and oxygen atoms in total. The summed E-state index contributed by atoms with van der Waals surface area (Å²) in [7, 11) is 1.99. The Labute approximate surface area is 130 Å². The first-order valence-corrected chi connectivity index (χ1v) is 7.22. The smallest absolute Gasteiger partial charge is 0.318 e. The van der Waals surface area contributed by atoms with Gasteiger partial charge in [-0.3, -0.25) is 9.30 Å². The van der Waals surface area contributed by atoms with Gasteiger partial charge in [-0.15, -0.1) is 17.5 Å². The normalized spacial score (nSPS) is 19.0. The number of likely N-dealkylation sites (tertiary alicyclic amines) is 1. The molecule has 1 N–H and O–H groups in total. The van der Waals surface area contributed by atoms with Crippen LogP contribution in [-0.2, 0) is 6.54 Å². The molecular formula is C14H22ClN5O. The van der Waals surface area contributed by atoms with Crippen LogP contribution in [0.4, 0.5) is 0 Å². The Morgan fingerprint density at radius 1 is 1.38 bits per heavy atom. The van der Waals surface area contributed by atoms with Crippen LogP contribution in [0, 0.1) is 0 Å². The minimum Gasteiger partial charge on any atom is -0.318 e. The lowest BCUT2D eigenvalue weighted by Crippen LogP contribution is -2.39. The van der Waals surface area contributed by atoms with Crippen LogP contribution in [-0.4, -0.2) is 51.8 Å². The van der Waals surface area contributed by atoms with Gasteiger partial charge < -0.3 is 5.32 Å². The summed E-state index contributed by atoms with van der Waals surface area (Å²) in [5.41, 5.74) is 0.663. The molecule has 2 aromatic rings. The molecule has 1 unspecified atom stereocenters. The number of nitrogens with zero attached hydrogens (tertiary/aromatic N) is 4. The molecule has 1 saturated heterocycles. The molecule has 3 heterocycles. The maximum Gasteiger partial charge on any atom is 0.350 e. The molecule has 0 bridgehead atoms. The van der Waals surface area contributed by atoms with Gasteiger partial charge in [0.1, 0.15) is 0 Å². The lowest BCUT2D eigenvalue weighted by atomic mass is 10.2. The Bertz CT molecular complexity index is 638. The molecule has 3 rings (SSSR count). The van der Waals surface area contributed by atoms with E-state index < -0.39 is 0 Å². The second-order valence-corrected chi connectivity index (χ2v) is 5.32. The zero-order valence-electron chi connectivity index (χ0n) is 12.2. The van der Waals surface area contributed by atoms with Crippen molar-refractivity contribution in [2.24, 2.45) is 0 Å². The maximum absolute atomic E-state index is 12.2. The van der Waals surface area contributed by atoms with E-state index in [0.29, 0.717) is 18.2 Å². The van der Waals surface area contributed by atoms with Crippen molar-refractivity contribution in [2.75, 3.05) is 26.7 Å². The number of halogens is 1. The number of hydrogen-bond donors (Lipinski definition) is 1. The molecule has 7 heteroatoms. The number of hydrogen-bond acceptors (Lipinski definition) is 4. The van der Waals surface area contributed by atoms with Gasteiger partial charge in [-0.25, -0.2) is 9.48 Å². The summed E-state index contributed by atoms with van der Waals surface area (Å²) in [6.07, 6.45) is 4.24. The molecule has 1 aliphatic rings. The van der Waals surface area contributed by atoms with Gasteiger partial charge in [0.15, 0.2) is 5.65 Å². The summed E-state index contributed by atoms with van der Waals surface area (Å²) in [6, 6.07) is 6.20. The molecule has 1 fully saturated rings. The average molecular weight is 312 g/mol. The van der Waals surface area contributed by atoms with E-state index in [0.717, 1.165) is 19.6 Å². The third-order valence-corrected chi connectivity index (χ3v) is 4.03. The summed E-state index contributed by atoms with van der Waals surface area (Å²) >= 11 is 0. The SMILES string of the molecule is CNCC1CCCN1CCn1nc2ccccn2c1=O.Cl. The summed E-state index contributed by atoms with van der Waals surface area (Å²) < 4.78 is 3.17. The average Bonchev–Trinajstić information content (AvgIpc) is 3.03. The van der Waals surface area contributed by atoms with E-state index in [4.69, 9.17) is 0 Å². The molecule has 0 radical (unpaired) electrons. The molecule has 1 aliphatic heterocycles. The Morgan fingerprint density at radius 2 is 2.24 bits per heavy atom. The molecular weight excluding hydrogens is 290 g/mol. The Morgan fingerprint density at radius 3 is 3.00 bits per heavy atom. The highest BCUT2D eigenvalue weighted by Crippen LogP contribution is 2.15. The molecule has 116 valence electrons. The Kier molecular flexibility index (Phi) is 5.39. The molecule has 0 amide bonds. The highest BCUT2D eigenvalue weighted by atomic mass is 35.5. The third kappa shape index (κ3) is 3.28. The van der Waals surface area contributed by atoms with E-state index in [2.05, 4.69) is 15.3 Å². The van der Waals surface area contributed by atoms with Crippen molar-refractivity contribution >= 4 is 18.1 Å². The zero-order chi connectivity index (χ0) is 13.9. The van der Waals surface area contributed by atoms with E-state index in [1.807, 2.05) is 25.2 Å². The van der Waals surface area contributed by atoms with Crippen LogP contribution in [0.15, 0.2) is 29.2 Å². The minimum absolute atomic E-state index is 0. The van der Waals surface area contributed by atoms with E-state index in [9.17, 15) is 4.79 Å². The van der Waals surface area contributed by atoms with Crippen LogP contribution in [0.25, 0.3) is 5.65 Å². The second-order valence-electron chi connectivity index (χ2n) is 5.32. The fraction of sp³-hybridized carbons (Fsp3) is 0.571.